The summed E-state index contributed by atoms with van der Waals surface area (Å²) >= 11 is 1.64. The molecule has 0 bridgehead atoms. The minimum absolute atomic E-state index is 0.0108. The van der Waals surface area contributed by atoms with Crippen molar-refractivity contribution in [1.29, 1.82) is 0 Å². The number of nitrogens with one attached hydrogen (secondary N) is 1. The highest BCUT2D eigenvalue weighted by Gasteiger charge is 2.15. The van der Waals surface area contributed by atoms with Crippen molar-refractivity contribution >= 4 is 33.4 Å². The quantitative estimate of drug-likeness (QED) is 0.735. The summed E-state index contributed by atoms with van der Waals surface area (Å²) in [5.74, 6) is 0.0108. The minimum Gasteiger partial charge on any atom is -0.330 e. The Morgan fingerprint density at radius 2 is 2.08 bits per heavy atom. The summed E-state index contributed by atoms with van der Waals surface area (Å²) in [7, 11) is 0. The second-order valence-corrected chi connectivity index (χ2v) is 7.26. The molecule has 1 N–H and O–H groups in total. The van der Waals surface area contributed by atoms with Crippen molar-refractivity contribution in [3.8, 4) is 0 Å². The summed E-state index contributed by atoms with van der Waals surface area (Å²) in [6, 6.07) is 7.97. The Hall–Kier alpha value is -2.21. The van der Waals surface area contributed by atoms with Crippen LogP contribution in [-0.4, -0.2) is 20.4 Å². The maximum absolute atomic E-state index is 12.2. The Kier molecular flexibility index (Phi) is 4.30. The third-order valence-corrected chi connectivity index (χ3v) is 5.52. The molecule has 1 aliphatic rings. The van der Waals surface area contributed by atoms with Crippen molar-refractivity contribution in [2.24, 2.45) is 0 Å². The maximum atomic E-state index is 12.2. The number of carbonyl (C=O) groups is 1. The van der Waals surface area contributed by atoms with Gasteiger partial charge < -0.3 is 9.88 Å². The maximum Gasteiger partial charge on any atom is 0.227 e. The summed E-state index contributed by atoms with van der Waals surface area (Å²) in [6.45, 7) is 0.622. The molecule has 0 atom stereocenters. The van der Waals surface area contributed by atoms with Gasteiger partial charge in [-0.05, 0) is 37.8 Å². The van der Waals surface area contributed by atoms with Gasteiger partial charge >= 0.3 is 0 Å². The lowest BCUT2D eigenvalue weighted by atomic mass is 10.2. The smallest absolute Gasteiger partial charge is 0.227 e. The standard InChI is InChI=1S/C18H20N4OS/c23-17(10-11-22-12-19-13-6-4-5-8-15(13)22)21-18-20-14-7-2-1-3-9-16(14)24-18/h4-6,8,12H,1-3,7,9-11H2,(H,20,21,23). The van der Waals surface area contributed by atoms with E-state index in [-0.39, 0.29) is 5.91 Å². The normalized spacial score (nSPS) is 14.3. The van der Waals surface area contributed by atoms with Gasteiger partial charge in [0.05, 0.1) is 23.1 Å². The van der Waals surface area contributed by atoms with Crippen LogP contribution in [0.4, 0.5) is 5.13 Å². The predicted octanol–water partition coefficient (Wildman–Crippen LogP) is 3.79. The molecule has 0 saturated heterocycles. The lowest BCUT2D eigenvalue weighted by Crippen LogP contribution is -2.14. The van der Waals surface area contributed by atoms with Crippen molar-refractivity contribution in [1.82, 2.24) is 14.5 Å². The number of carbonyl (C=O) groups excluding carboxylic acids is 1. The monoisotopic (exact) mass is 340 g/mol. The van der Waals surface area contributed by atoms with Crippen molar-refractivity contribution < 1.29 is 4.79 Å². The SMILES string of the molecule is O=C(CCn1cnc2ccccc21)Nc1nc2c(s1)CCCCC2. The molecule has 2 heterocycles. The fraction of sp³-hybridized carbons (Fsp3) is 0.389. The summed E-state index contributed by atoms with van der Waals surface area (Å²) in [4.78, 5) is 22.6. The molecule has 2 aromatic heterocycles. The van der Waals surface area contributed by atoms with Crippen molar-refractivity contribution in [3.63, 3.8) is 0 Å². The van der Waals surface area contributed by atoms with E-state index in [4.69, 9.17) is 0 Å². The van der Waals surface area contributed by atoms with Crippen LogP contribution < -0.4 is 5.32 Å². The molecule has 6 heteroatoms. The highest BCUT2D eigenvalue weighted by Crippen LogP contribution is 2.29. The van der Waals surface area contributed by atoms with E-state index in [2.05, 4.69) is 15.3 Å². The van der Waals surface area contributed by atoms with Gasteiger partial charge in [0.25, 0.3) is 0 Å². The molecular weight excluding hydrogens is 320 g/mol. The zero-order chi connectivity index (χ0) is 16.4. The molecule has 0 aliphatic heterocycles. The van der Waals surface area contributed by atoms with Gasteiger partial charge in [-0.15, -0.1) is 11.3 Å². The molecule has 0 radical (unpaired) electrons. The highest BCUT2D eigenvalue weighted by molar-refractivity contribution is 7.15. The first-order chi connectivity index (χ1) is 11.8. The average Bonchev–Trinajstić information content (AvgIpc) is 3.10. The van der Waals surface area contributed by atoms with Gasteiger partial charge in [-0.2, -0.15) is 0 Å². The van der Waals surface area contributed by atoms with Crippen LogP contribution >= 0.6 is 11.3 Å². The number of aryl methyl sites for hydroxylation is 3. The summed E-state index contributed by atoms with van der Waals surface area (Å²) in [5.41, 5.74) is 3.21. The Labute approximate surface area is 144 Å². The number of benzene rings is 1. The van der Waals surface area contributed by atoms with Crippen LogP contribution in [0.1, 0.15) is 36.3 Å². The van der Waals surface area contributed by atoms with Crippen LogP contribution in [0, 0.1) is 0 Å². The third kappa shape index (κ3) is 3.19. The number of hydrogen-bond acceptors (Lipinski definition) is 4. The van der Waals surface area contributed by atoms with Crippen molar-refractivity contribution in [3.05, 3.63) is 41.2 Å². The molecule has 24 heavy (non-hydrogen) atoms. The van der Waals surface area contributed by atoms with Gasteiger partial charge in [-0.25, -0.2) is 9.97 Å². The van der Waals surface area contributed by atoms with Crippen LogP contribution in [0.3, 0.4) is 0 Å². The molecule has 0 spiro atoms. The number of nitrogens with zero attached hydrogens (tertiary/aromatic N) is 3. The van der Waals surface area contributed by atoms with Gasteiger partial charge in [0.1, 0.15) is 0 Å². The lowest BCUT2D eigenvalue weighted by molar-refractivity contribution is -0.116. The number of aromatic nitrogens is 3. The molecule has 0 saturated carbocycles. The number of rotatable bonds is 4. The molecule has 124 valence electrons. The Balaban J connectivity index is 1.38. The molecule has 1 aromatic carbocycles. The van der Waals surface area contributed by atoms with E-state index in [0.717, 1.165) is 29.0 Å². The van der Waals surface area contributed by atoms with Crippen LogP contribution in [0.15, 0.2) is 30.6 Å². The third-order valence-electron chi connectivity index (χ3n) is 4.45. The molecule has 0 fully saturated rings. The molecule has 1 amide bonds. The first kappa shape index (κ1) is 15.3. The van der Waals surface area contributed by atoms with Crippen molar-refractivity contribution in [2.45, 2.75) is 45.1 Å². The van der Waals surface area contributed by atoms with E-state index in [1.165, 1.54) is 29.8 Å². The molecule has 0 unspecified atom stereocenters. The number of hydrogen-bond donors (Lipinski definition) is 1. The molecule has 4 rings (SSSR count). The average molecular weight is 340 g/mol. The number of imidazole rings is 1. The first-order valence-corrected chi connectivity index (χ1v) is 9.29. The van der Waals surface area contributed by atoms with Crippen LogP contribution in [-0.2, 0) is 24.2 Å². The largest absolute Gasteiger partial charge is 0.330 e. The number of para-hydroxylation sites is 2. The van der Waals surface area contributed by atoms with E-state index in [1.54, 1.807) is 17.7 Å². The van der Waals surface area contributed by atoms with Crippen LogP contribution in [0.5, 0.6) is 0 Å². The predicted molar refractivity (Wildman–Crippen MR) is 96.4 cm³/mol. The summed E-state index contributed by atoms with van der Waals surface area (Å²) < 4.78 is 2.02. The van der Waals surface area contributed by atoms with E-state index >= 15 is 0 Å². The first-order valence-electron chi connectivity index (χ1n) is 8.48. The Morgan fingerprint density at radius 1 is 1.21 bits per heavy atom. The highest BCUT2D eigenvalue weighted by atomic mass is 32.1. The van der Waals surface area contributed by atoms with E-state index < -0.39 is 0 Å². The lowest BCUT2D eigenvalue weighted by Gasteiger charge is -2.04. The number of fused-ring (bicyclic) bond motifs is 2. The molecule has 5 nitrogen and oxygen atoms in total. The van der Waals surface area contributed by atoms with E-state index in [1.807, 2.05) is 28.8 Å². The van der Waals surface area contributed by atoms with Gasteiger partial charge in [0.2, 0.25) is 5.91 Å². The van der Waals surface area contributed by atoms with Gasteiger partial charge in [0, 0.05) is 17.8 Å². The zero-order valence-corrected chi connectivity index (χ0v) is 14.3. The molecular formula is C18H20N4OS. The summed E-state index contributed by atoms with van der Waals surface area (Å²) in [6.07, 6.45) is 8.08. The number of anilines is 1. The molecule has 1 aliphatic carbocycles. The van der Waals surface area contributed by atoms with E-state index in [9.17, 15) is 4.79 Å². The zero-order valence-electron chi connectivity index (χ0n) is 13.5. The Morgan fingerprint density at radius 3 is 3.04 bits per heavy atom. The van der Waals surface area contributed by atoms with E-state index in [0.29, 0.717) is 13.0 Å². The van der Waals surface area contributed by atoms with Crippen LogP contribution in [0.25, 0.3) is 11.0 Å². The van der Waals surface area contributed by atoms with Gasteiger partial charge in [0.15, 0.2) is 5.13 Å². The number of thiazole rings is 1. The van der Waals surface area contributed by atoms with Crippen molar-refractivity contribution in [2.75, 3.05) is 5.32 Å². The van der Waals surface area contributed by atoms with Gasteiger partial charge in [-0.3, -0.25) is 4.79 Å². The molecule has 3 aromatic rings. The number of amides is 1. The second-order valence-electron chi connectivity index (χ2n) is 6.17. The minimum atomic E-state index is 0.0108. The van der Waals surface area contributed by atoms with Gasteiger partial charge in [-0.1, -0.05) is 18.6 Å². The fourth-order valence-corrected chi connectivity index (χ4v) is 4.24. The topological polar surface area (TPSA) is 59.8 Å². The summed E-state index contributed by atoms with van der Waals surface area (Å²) in [5, 5.41) is 3.72. The second kappa shape index (κ2) is 6.73. The Bertz CT molecular complexity index is 843. The fourth-order valence-electron chi connectivity index (χ4n) is 3.17. The van der Waals surface area contributed by atoms with Crippen LogP contribution in [0.2, 0.25) is 0 Å².